The molecule has 1 aliphatic carbocycles. The standard InChI is InChI=1S/C22H32F2O3/c1-2-3-4-5-6-15-26-20-13-11-18(12-14-20)17-7-9-19(10-8-17)22(25)27-16-21(23)24/h11-14,17,19,21H,2-10,15-16H2,1H3/t17-,19-. The van der Waals surface area contributed by atoms with E-state index in [4.69, 9.17) is 4.74 Å². The van der Waals surface area contributed by atoms with Crippen LogP contribution in [0.3, 0.4) is 0 Å². The van der Waals surface area contributed by atoms with Gasteiger partial charge in [-0.25, -0.2) is 8.78 Å². The topological polar surface area (TPSA) is 35.5 Å². The summed E-state index contributed by atoms with van der Waals surface area (Å²) in [5, 5.41) is 0. The van der Waals surface area contributed by atoms with Crippen molar-refractivity contribution in [1.29, 1.82) is 0 Å². The third-order valence-corrected chi connectivity index (χ3v) is 5.28. The molecule has 0 radical (unpaired) electrons. The normalized spacial score (nSPS) is 19.9. The van der Waals surface area contributed by atoms with Crippen LogP contribution in [0.5, 0.6) is 5.75 Å². The van der Waals surface area contributed by atoms with E-state index in [2.05, 4.69) is 23.8 Å². The van der Waals surface area contributed by atoms with Crippen LogP contribution >= 0.6 is 0 Å². The van der Waals surface area contributed by atoms with Crippen LogP contribution in [0.1, 0.15) is 76.2 Å². The molecule has 3 nitrogen and oxygen atoms in total. The lowest BCUT2D eigenvalue weighted by Gasteiger charge is -2.27. The van der Waals surface area contributed by atoms with Crippen LogP contribution in [0.2, 0.25) is 0 Å². The number of benzene rings is 1. The number of unbranched alkanes of at least 4 members (excludes halogenated alkanes) is 4. The first-order valence-corrected chi connectivity index (χ1v) is 10.3. The van der Waals surface area contributed by atoms with E-state index in [0.29, 0.717) is 18.8 Å². The fourth-order valence-electron chi connectivity index (χ4n) is 3.66. The van der Waals surface area contributed by atoms with Crippen LogP contribution in [-0.4, -0.2) is 25.6 Å². The van der Waals surface area contributed by atoms with E-state index in [9.17, 15) is 13.6 Å². The molecule has 0 aliphatic heterocycles. The highest BCUT2D eigenvalue weighted by molar-refractivity contribution is 5.72. The van der Waals surface area contributed by atoms with Crippen LogP contribution in [-0.2, 0) is 9.53 Å². The minimum atomic E-state index is -2.60. The molecule has 5 heteroatoms. The Morgan fingerprint density at radius 2 is 1.70 bits per heavy atom. The van der Waals surface area contributed by atoms with Gasteiger partial charge in [-0.2, -0.15) is 0 Å². The van der Waals surface area contributed by atoms with E-state index >= 15 is 0 Å². The molecule has 0 amide bonds. The third-order valence-electron chi connectivity index (χ3n) is 5.28. The van der Waals surface area contributed by atoms with Crippen LogP contribution < -0.4 is 4.74 Å². The van der Waals surface area contributed by atoms with Crippen molar-refractivity contribution in [3.63, 3.8) is 0 Å². The monoisotopic (exact) mass is 382 g/mol. The molecular weight excluding hydrogens is 350 g/mol. The Hall–Kier alpha value is -1.65. The first-order chi connectivity index (χ1) is 13.1. The number of carbonyl (C=O) groups is 1. The summed E-state index contributed by atoms with van der Waals surface area (Å²) in [4.78, 5) is 11.8. The zero-order chi connectivity index (χ0) is 19.5. The maximum Gasteiger partial charge on any atom is 0.309 e. The van der Waals surface area contributed by atoms with E-state index in [0.717, 1.165) is 31.6 Å². The first-order valence-electron chi connectivity index (χ1n) is 10.3. The summed E-state index contributed by atoms with van der Waals surface area (Å²) in [5.74, 6) is 0.595. The Labute approximate surface area is 161 Å². The van der Waals surface area contributed by atoms with Gasteiger partial charge in [0.15, 0.2) is 6.61 Å². The number of hydrogen-bond donors (Lipinski definition) is 0. The molecule has 1 aromatic rings. The maximum atomic E-state index is 12.1. The third kappa shape index (κ3) is 7.86. The van der Waals surface area contributed by atoms with Crippen LogP contribution in [0.25, 0.3) is 0 Å². The van der Waals surface area contributed by atoms with E-state index in [1.165, 1.54) is 31.2 Å². The van der Waals surface area contributed by atoms with Crippen LogP contribution in [0.15, 0.2) is 24.3 Å². The molecule has 1 aliphatic rings. The molecule has 1 saturated carbocycles. The van der Waals surface area contributed by atoms with Crippen molar-refractivity contribution in [3.05, 3.63) is 29.8 Å². The van der Waals surface area contributed by atoms with Crippen molar-refractivity contribution in [2.24, 2.45) is 5.92 Å². The van der Waals surface area contributed by atoms with Crippen LogP contribution in [0, 0.1) is 5.92 Å². The van der Waals surface area contributed by atoms with Gasteiger partial charge in [0.05, 0.1) is 12.5 Å². The summed E-state index contributed by atoms with van der Waals surface area (Å²) in [6, 6.07) is 8.24. The summed E-state index contributed by atoms with van der Waals surface area (Å²) in [7, 11) is 0. The van der Waals surface area contributed by atoms with Gasteiger partial charge in [0.1, 0.15) is 5.75 Å². The summed E-state index contributed by atoms with van der Waals surface area (Å²) >= 11 is 0. The minimum Gasteiger partial charge on any atom is -0.494 e. The Bertz CT molecular complexity index is 537. The van der Waals surface area contributed by atoms with Gasteiger partial charge < -0.3 is 9.47 Å². The van der Waals surface area contributed by atoms with E-state index in [1.807, 2.05) is 12.1 Å². The maximum absolute atomic E-state index is 12.1. The molecule has 0 N–H and O–H groups in total. The van der Waals surface area contributed by atoms with E-state index in [1.54, 1.807) is 0 Å². The average Bonchev–Trinajstić information content (AvgIpc) is 2.69. The molecule has 0 atom stereocenters. The number of ether oxygens (including phenoxy) is 2. The van der Waals surface area contributed by atoms with Gasteiger partial charge in [0, 0.05) is 0 Å². The molecule has 0 saturated heterocycles. The molecule has 0 unspecified atom stereocenters. The highest BCUT2D eigenvalue weighted by atomic mass is 19.3. The largest absolute Gasteiger partial charge is 0.494 e. The molecular formula is C22H32F2O3. The molecule has 0 bridgehead atoms. The molecule has 0 heterocycles. The smallest absolute Gasteiger partial charge is 0.309 e. The van der Waals surface area contributed by atoms with E-state index < -0.39 is 19.0 Å². The van der Waals surface area contributed by atoms with Crippen molar-refractivity contribution >= 4 is 5.97 Å². The summed E-state index contributed by atoms with van der Waals surface area (Å²) in [5.41, 5.74) is 1.25. The fraction of sp³-hybridized carbons (Fsp3) is 0.682. The van der Waals surface area contributed by atoms with Crippen molar-refractivity contribution in [3.8, 4) is 5.75 Å². The quantitative estimate of drug-likeness (QED) is 0.342. The number of halogens is 2. The average molecular weight is 382 g/mol. The van der Waals surface area contributed by atoms with Gasteiger partial charge in [-0.3, -0.25) is 4.79 Å². The second-order valence-corrected chi connectivity index (χ2v) is 7.40. The molecule has 0 aromatic heterocycles. The van der Waals surface area contributed by atoms with Crippen LogP contribution in [0.4, 0.5) is 8.78 Å². The molecule has 27 heavy (non-hydrogen) atoms. The van der Waals surface area contributed by atoms with Gasteiger partial charge in [0.2, 0.25) is 0 Å². The Balaban J connectivity index is 1.69. The second kappa shape index (κ2) is 11.9. The zero-order valence-electron chi connectivity index (χ0n) is 16.3. The lowest BCUT2D eigenvalue weighted by molar-refractivity contribution is -0.153. The molecule has 0 spiro atoms. The zero-order valence-corrected chi connectivity index (χ0v) is 16.3. The van der Waals surface area contributed by atoms with Crippen molar-refractivity contribution in [1.82, 2.24) is 0 Å². The van der Waals surface area contributed by atoms with Gasteiger partial charge in [0.25, 0.3) is 6.43 Å². The van der Waals surface area contributed by atoms with Gasteiger partial charge in [-0.15, -0.1) is 0 Å². The lowest BCUT2D eigenvalue weighted by atomic mass is 9.79. The highest BCUT2D eigenvalue weighted by Gasteiger charge is 2.28. The first kappa shape index (κ1) is 21.6. The predicted octanol–water partition coefficient (Wildman–Crippen LogP) is 6.12. The number of esters is 1. The molecule has 1 fully saturated rings. The van der Waals surface area contributed by atoms with Gasteiger partial charge in [-0.05, 0) is 55.7 Å². The lowest BCUT2D eigenvalue weighted by Crippen LogP contribution is -2.24. The van der Waals surface area contributed by atoms with Crippen molar-refractivity contribution in [2.75, 3.05) is 13.2 Å². The number of rotatable bonds is 11. The Morgan fingerprint density at radius 1 is 1.04 bits per heavy atom. The Morgan fingerprint density at radius 3 is 2.33 bits per heavy atom. The van der Waals surface area contributed by atoms with Gasteiger partial charge >= 0.3 is 5.97 Å². The Kier molecular flexibility index (Phi) is 9.57. The molecule has 1 aromatic carbocycles. The highest BCUT2D eigenvalue weighted by Crippen LogP contribution is 2.36. The van der Waals surface area contributed by atoms with Crippen molar-refractivity contribution in [2.45, 2.75) is 77.1 Å². The molecule has 152 valence electrons. The number of hydrogen-bond acceptors (Lipinski definition) is 3. The SMILES string of the molecule is CCCCCCCOc1ccc([C@H]2CC[C@H](C(=O)OCC(F)F)CC2)cc1. The van der Waals surface area contributed by atoms with Crippen molar-refractivity contribution < 1.29 is 23.0 Å². The summed E-state index contributed by atoms with van der Waals surface area (Å²) in [6.45, 7) is 2.18. The predicted molar refractivity (Wildman–Crippen MR) is 102 cm³/mol. The number of alkyl halides is 2. The van der Waals surface area contributed by atoms with E-state index in [-0.39, 0.29) is 5.92 Å². The summed E-state index contributed by atoms with van der Waals surface area (Å²) in [6.07, 6.45) is 6.69. The summed E-state index contributed by atoms with van der Waals surface area (Å²) < 4.78 is 34.7. The minimum absolute atomic E-state index is 0.240. The number of carbonyl (C=O) groups excluding carboxylic acids is 1. The second-order valence-electron chi connectivity index (χ2n) is 7.40. The molecule has 2 rings (SSSR count). The van der Waals surface area contributed by atoms with Gasteiger partial charge in [-0.1, -0.05) is 44.7 Å². The fourth-order valence-corrected chi connectivity index (χ4v) is 3.66.